The van der Waals surface area contributed by atoms with Crippen molar-refractivity contribution in [1.82, 2.24) is 14.6 Å². The number of rotatable bonds is 3. The molecular weight excluding hydrogens is 266 g/mol. The van der Waals surface area contributed by atoms with Gasteiger partial charge in [-0.25, -0.2) is 4.98 Å². The van der Waals surface area contributed by atoms with E-state index in [0.717, 1.165) is 42.0 Å². The molecule has 6 heteroatoms. The van der Waals surface area contributed by atoms with Gasteiger partial charge >= 0.3 is 0 Å². The Labute approximate surface area is 123 Å². The molecule has 0 bridgehead atoms. The van der Waals surface area contributed by atoms with Crippen LogP contribution < -0.4 is 11.1 Å². The molecule has 1 aliphatic heterocycles. The van der Waals surface area contributed by atoms with Crippen LogP contribution in [0, 0.1) is 0 Å². The van der Waals surface area contributed by atoms with Crippen molar-refractivity contribution >= 4 is 17.0 Å². The number of hydrogen-bond donors (Lipinski definition) is 2. The highest BCUT2D eigenvalue weighted by molar-refractivity contribution is 5.69. The predicted molar refractivity (Wildman–Crippen MR) is 81.0 cm³/mol. The van der Waals surface area contributed by atoms with E-state index in [0.29, 0.717) is 25.3 Å². The summed E-state index contributed by atoms with van der Waals surface area (Å²) in [5.74, 6) is 0.979. The summed E-state index contributed by atoms with van der Waals surface area (Å²) < 4.78 is 7.25. The first-order valence-corrected chi connectivity index (χ1v) is 7.43. The largest absolute Gasteiger partial charge is 0.373 e. The maximum absolute atomic E-state index is 6.00. The Hall–Kier alpha value is -1.92. The Kier molecular flexibility index (Phi) is 3.12. The van der Waals surface area contributed by atoms with Crippen LogP contribution in [0.5, 0.6) is 0 Å². The molecule has 0 amide bonds. The molecule has 0 aromatic carbocycles. The summed E-state index contributed by atoms with van der Waals surface area (Å²) >= 11 is 0. The van der Waals surface area contributed by atoms with Crippen molar-refractivity contribution in [2.75, 3.05) is 18.5 Å². The first kappa shape index (κ1) is 12.8. The van der Waals surface area contributed by atoms with Crippen LogP contribution in [0.25, 0.3) is 11.2 Å². The highest BCUT2D eigenvalue weighted by Gasteiger charge is 2.23. The molecule has 3 heterocycles. The fourth-order valence-corrected chi connectivity index (χ4v) is 3.10. The molecule has 2 aliphatic rings. The second kappa shape index (κ2) is 5.13. The zero-order valence-electron chi connectivity index (χ0n) is 11.8. The van der Waals surface area contributed by atoms with Gasteiger partial charge in [0.05, 0.1) is 25.1 Å². The summed E-state index contributed by atoms with van der Waals surface area (Å²) in [6.45, 7) is 1.30. The van der Waals surface area contributed by atoms with E-state index in [9.17, 15) is 0 Å². The van der Waals surface area contributed by atoms with Crippen LogP contribution in [0.15, 0.2) is 24.4 Å². The van der Waals surface area contributed by atoms with Crippen molar-refractivity contribution in [3.8, 4) is 0 Å². The van der Waals surface area contributed by atoms with Crippen LogP contribution in [0.3, 0.4) is 0 Å². The Balaban J connectivity index is 1.70. The van der Waals surface area contributed by atoms with Gasteiger partial charge in [0.1, 0.15) is 5.82 Å². The summed E-state index contributed by atoms with van der Waals surface area (Å²) in [6.07, 6.45) is 7.05. The van der Waals surface area contributed by atoms with E-state index >= 15 is 0 Å². The standard InChI is InChI=1S/C15H19N5O/c16-11-1-2-12(7-11)18-15-8-13(10-4-6-21-9-10)19-14-3-5-17-20(14)15/h3-5,8,11-12,18H,1-2,6-7,9,16H2/t11-,12-/m0/s1. The first-order valence-electron chi connectivity index (χ1n) is 7.43. The third-order valence-electron chi connectivity index (χ3n) is 4.22. The normalized spacial score (nSPS) is 25.5. The van der Waals surface area contributed by atoms with Crippen molar-refractivity contribution in [3.63, 3.8) is 0 Å². The van der Waals surface area contributed by atoms with Gasteiger partial charge in [-0.2, -0.15) is 9.61 Å². The molecular formula is C15H19N5O. The van der Waals surface area contributed by atoms with E-state index in [1.54, 1.807) is 6.20 Å². The van der Waals surface area contributed by atoms with Crippen LogP contribution in [-0.4, -0.2) is 39.9 Å². The number of aromatic nitrogens is 3. The smallest absolute Gasteiger partial charge is 0.157 e. The molecule has 1 aliphatic carbocycles. The van der Waals surface area contributed by atoms with Crippen LogP contribution in [0.4, 0.5) is 5.82 Å². The first-order chi connectivity index (χ1) is 10.3. The van der Waals surface area contributed by atoms with E-state index in [2.05, 4.69) is 27.5 Å². The lowest BCUT2D eigenvalue weighted by atomic mass is 10.2. The average Bonchev–Trinajstić information content (AvgIpc) is 3.18. The maximum atomic E-state index is 6.00. The lowest BCUT2D eigenvalue weighted by Crippen LogP contribution is -2.22. The predicted octanol–water partition coefficient (Wildman–Crippen LogP) is 1.43. The van der Waals surface area contributed by atoms with Crippen LogP contribution in [0.2, 0.25) is 0 Å². The van der Waals surface area contributed by atoms with Gasteiger partial charge < -0.3 is 15.8 Å². The number of ether oxygens (including phenoxy) is 1. The topological polar surface area (TPSA) is 77.5 Å². The number of hydrogen-bond acceptors (Lipinski definition) is 5. The highest BCUT2D eigenvalue weighted by atomic mass is 16.5. The average molecular weight is 285 g/mol. The van der Waals surface area contributed by atoms with E-state index in [-0.39, 0.29) is 0 Å². The van der Waals surface area contributed by atoms with Crippen molar-refractivity contribution in [2.45, 2.75) is 31.3 Å². The van der Waals surface area contributed by atoms with E-state index in [4.69, 9.17) is 10.5 Å². The fraction of sp³-hybridized carbons (Fsp3) is 0.467. The van der Waals surface area contributed by atoms with Gasteiger partial charge in [0.15, 0.2) is 5.65 Å². The molecule has 0 radical (unpaired) electrons. The van der Waals surface area contributed by atoms with Gasteiger partial charge in [0, 0.05) is 29.8 Å². The second-order valence-electron chi connectivity index (χ2n) is 5.79. The fourth-order valence-electron chi connectivity index (χ4n) is 3.10. The molecule has 21 heavy (non-hydrogen) atoms. The highest BCUT2D eigenvalue weighted by Crippen LogP contribution is 2.25. The Morgan fingerprint density at radius 3 is 3.10 bits per heavy atom. The minimum Gasteiger partial charge on any atom is -0.373 e. The molecule has 1 saturated carbocycles. The lowest BCUT2D eigenvalue weighted by Gasteiger charge is -2.16. The molecule has 0 saturated heterocycles. The Morgan fingerprint density at radius 2 is 2.33 bits per heavy atom. The Morgan fingerprint density at radius 1 is 1.38 bits per heavy atom. The molecule has 3 N–H and O–H groups in total. The van der Waals surface area contributed by atoms with Gasteiger partial charge in [-0.3, -0.25) is 0 Å². The molecule has 1 fully saturated rings. The molecule has 2 aromatic rings. The number of anilines is 1. The van der Waals surface area contributed by atoms with Crippen LogP contribution in [0.1, 0.15) is 25.0 Å². The maximum Gasteiger partial charge on any atom is 0.157 e. The Bertz CT molecular complexity index is 692. The summed E-state index contributed by atoms with van der Waals surface area (Å²) in [4.78, 5) is 4.65. The summed E-state index contributed by atoms with van der Waals surface area (Å²) in [6, 6.07) is 4.70. The lowest BCUT2D eigenvalue weighted by molar-refractivity contribution is 0.216. The van der Waals surface area contributed by atoms with Crippen molar-refractivity contribution in [2.24, 2.45) is 5.73 Å². The molecule has 0 spiro atoms. The minimum atomic E-state index is 0.308. The van der Waals surface area contributed by atoms with Gasteiger partial charge in [0.2, 0.25) is 0 Å². The van der Waals surface area contributed by atoms with Crippen LogP contribution in [-0.2, 0) is 4.74 Å². The number of nitrogens with zero attached hydrogens (tertiary/aromatic N) is 3. The number of nitrogens with two attached hydrogens (primary N) is 1. The van der Waals surface area contributed by atoms with E-state index in [1.807, 2.05) is 10.6 Å². The molecule has 6 nitrogen and oxygen atoms in total. The van der Waals surface area contributed by atoms with E-state index in [1.165, 1.54) is 0 Å². The summed E-state index contributed by atoms with van der Waals surface area (Å²) in [5.41, 5.74) is 8.96. The molecule has 4 rings (SSSR count). The van der Waals surface area contributed by atoms with Gasteiger partial charge in [-0.1, -0.05) is 6.08 Å². The summed E-state index contributed by atoms with van der Waals surface area (Å²) in [5, 5.41) is 7.93. The molecule has 110 valence electrons. The third kappa shape index (κ3) is 2.41. The zero-order valence-corrected chi connectivity index (χ0v) is 11.8. The van der Waals surface area contributed by atoms with Crippen LogP contribution >= 0.6 is 0 Å². The van der Waals surface area contributed by atoms with E-state index < -0.39 is 0 Å². The van der Waals surface area contributed by atoms with Gasteiger partial charge in [-0.15, -0.1) is 0 Å². The quantitative estimate of drug-likeness (QED) is 0.892. The summed E-state index contributed by atoms with van der Waals surface area (Å²) in [7, 11) is 0. The molecule has 0 unspecified atom stereocenters. The second-order valence-corrected chi connectivity index (χ2v) is 5.79. The molecule has 2 atom stereocenters. The van der Waals surface area contributed by atoms with Gasteiger partial charge in [-0.05, 0) is 19.3 Å². The number of fused-ring (bicyclic) bond motifs is 1. The van der Waals surface area contributed by atoms with Crippen molar-refractivity contribution < 1.29 is 4.74 Å². The van der Waals surface area contributed by atoms with Crippen molar-refractivity contribution in [3.05, 3.63) is 30.1 Å². The van der Waals surface area contributed by atoms with Gasteiger partial charge in [0.25, 0.3) is 0 Å². The number of nitrogens with one attached hydrogen (secondary N) is 1. The third-order valence-corrected chi connectivity index (χ3v) is 4.22. The molecule has 2 aromatic heterocycles. The monoisotopic (exact) mass is 285 g/mol. The zero-order chi connectivity index (χ0) is 14.2. The minimum absolute atomic E-state index is 0.308. The van der Waals surface area contributed by atoms with Crippen molar-refractivity contribution in [1.29, 1.82) is 0 Å². The SMILES string of the molecule is N[C@H]1CC[C@H](Nc2cc(C3=CCOC3)nc3ccnn23)C1.